The lowest BCUT2D eigenvalue weighted by atomic mass is 9.96. The lowest BCUT2D eigenvalue weighted by Gasteiger charge is -2.14. The van der Waals surface area contributed by atoms with Crippen LogP contribution in [0.1, 0.15) is 29.2 Å². The van der Waals surface area contributed by atoms with Crippen LogP contribution >= 0.6 is 0 Å². The zero-order valence-corrected chi connectivity index (χ0v) is 14.3. The van der Waals surface area contributed by atoms with Gasteiger partial charge in [0, 0.05) is 13.5 Å². The van der Waals surface area contributed by atoms with Gasteiger partial charge in [-0.2, -0.15) is 0 Å². The zero-order valence-electron chi connectivity index (χ0n) is 14.3. The van der Waals surface area contributed by atoms with Crippen LogP contribution in [0, 0.1) is 6.92 Å². The van der Waals surface area contributed by atoms with Crippen LogP contribution in [0.4, 0.5) is 0 Å². The quantitative estimate of drug-likeness (QED) is 0.427. The fourth-order valence-corrected chi connectivity index (χ4v) is 2.47. The predicted octanol–water partition coefficient (Wildman–Crippen LogP) is 2.10. The molecule has 25 heavy (non-hydrogen) atoms. The van der Waals surface area contributed by atoms with Crippen molar-refractivity contribution in [1.82, 2.24) is 5.32 Å². The molecule has 0 aliphatic heterocycles. The summed E-state index contributed by atoms with van der Waals surface area (Å²) in [6, 6.07) is 16.1. The molecule has 130 valence electrons. The number of aliphatic hydroxyl groups is 1. The summed E-state index contributed by atoms with van der Waals surface area (Å²) in [4.78, 5) is 24.8. The topological polar surface area (TPSA) is 92.4 Å². The van der Waals surface area contributed by atoms with Crippen molar-refractivity contribution in [2.75, 3.05) is 7.05 Å². The highest BCUT2D eigenvalue weighted by atomic mass is 16.3. The van der Waals surface area contributed by atoms with E-state index in [9.17, 15) is 14.7 Å². The second kappa shape index (κ2) is 8.26. The first-order valence-corrected chi connectivity index (χ1v) is 7.99. The second-order valence-electron chi connectivity index (χ2n) is 5.79. The average Bonchev–Trinajstić information content (AvgIpc) is 2.62. The molecule has 1 unspecified atom stereocenters. The minimum Gasteiger partial charge on any atom is -0.397 e. The summed E-state index contributed by atoms with van der Waals surface area (Å²) in [5.41, 5.74) is 8.29. The molecule has 0 fully saturated rings. The molecule has 1 atom stereocenters. The molecule has 0 aliphatic carbocycles. The monoisotopic (exact) mass is 338 g/mol. The number of hydrogen-bond acceptors (Lipinski definition) is 4. The Balaban J connectivity index is 2.30. The Bertz CT molecular complexity index is 780. The largest absolute Gasteiger partial charge is 0.397 e. The number of rotatable bonds is 6. The molecule has 0 saturated heterocycles. The Kier molecular flexibility index (Phi) is 6.08. The summed E-state index contributed by atoms with van der Waals surface area (Å²) in [5, 5.41) is 12.8. The average molecular weight is 338 g/mol. The summed E-state index contributed by atoms with van der Waals surface area (Å²) >= 11 is 0. The van der Waals surface area contributed by atoms with E-state index in [2.05, 4.69) is 5.32 Å². The van der Waals surface area contributed by atoms with Crippen LogP contribution < -0.4 is 11.1 Å². The molecule has 2 aromatic rings. The summed E-state index contributed by atoms with van der Waals surface area (Å²) in [6.07, 6.45) is -1.23. The van der Waals surface area contributed by atoms with Gasteiger partial charge in [-0.15, -0.1) is 0 Å². The van der Waals surface area contributed by atoms with Crippen molar-refractivity contribution in [2.45, 2.75) is 19.4 Å². The van der Waals surface area contributed by atoms with E-state index >= 15 is 0 Å². The fourth-order valence-electron chi connectivity index (χ4n) is 2.47. The minimum atomic E-state index is -1.00. The number of carbonyl (C=O) groups excluding carboxylic acids is 2. The number of aryl methyl sites for hydroxylation is 1. The number of aliphatic hydroxyl groups excluding tert-OH is 1. The predicted molar refractivity (Wildman–Crippen MR) is 97.4 cm³/mol. The zero-order chi connectivity index (χ0) is 18.4. The number of benzene rings is 2. The van der Waals surface area contributed by atoms with Crippen molar-refractivity contribution in [3.8, 4) is 0 Å². The number of carbonyl (C=O) groups is 2. The first-order chi connectivity index (χ1) is 11.9. The van der Waals surface area contributed by atoms with E-state index < -0.39 is 17.8 Å². The molecule has 0 spiro atoms. The van der Waals surface area contributed by atoms with Gasteiger partial charge in [0.15, 0.2) is 5.78 Å². The van der Waals surface area contributed by atoms with Gasteiger partial charge in [0.05, 0.1) is 11.8 Å². The number of nitrogens with one attached hydrogen (secondary N) is 1. The minimum absolute atomic E-state index is 0.0982. The summed E-state index contributed by atoms with van der Waals surface area (Å²) < 4.78 is 0. The van der Waals surface area contributed by atoms with E-state index in [1.807, 2.05) is 25.1 Å². The maximum Gasteiger partial charge on any atom is 0.256 e. The van der Waals surface area contributed by atoms with Crippen LogP contribution in [0.5, 0.6) is 0 Å². The Morgan fingerprint density at radius 3 is 2.24 bits per heavy atom. The maximum atomic E-state index is 12.7. The van der Waals surface area contributed by atoms with E-state index in [4.69, 9.17) is 5.73 Å². The van der Waals surface area contributed by atoms with Gasteiger partial charge in [0.2, 0.25) is 0 Å². The number of likely N-dealkylation sites (N-methyl/N-ethyl adjacent to an activating group) is 1. The normalized spacial score (nSPS) is 12.9. The van der Waals surface area contributed by atoms with Crippen LogP contribution in [-0.4, -0.2) is 23.8 Å². The van der Waals surface area contributed by atoms with Crippen LogP contribution in [0.2, 0.25) is 0 Å². The van der Waals surface area contributed by atoms with Crippen LogP contribution in [0.3, 0.4) is 0 Å². The maximum absolute atomic E-state index is 12.7. The van der Waals surface area contributed by atoms with Crippen molar-refractivity contribution in [3.05, 3.63) is 76.9 Å². The van der Waals surface area contributed by atoms with Crippen molar-refractivity contribution >= 4 is 17.4 Å². The molecule has 0 aromatic heterocycles. The van der Waals surface area contributed by atoms with Crippen molar-refractivity contribution in [2.24, 2.45) is 5.73 Å². The second-order valence-corrected chi connectivity index (χ2v) is 5.79. The smallest absolute Gasteiger partial charge is 0.256 e. The van der Waals surface area contributed by atoms with E-state index in [1.54, 1.807) is 36.4 Å². The molecule has 1 amide bonds. The summed E-state index contributed by atoms with van der Waals surface area (Å²) in [7, 11) is 1.43. The number of nitrogens with two attached hydrogens (primary N) is 1. The third-order valence-corrected chi connectivity index (χ3v) is 3.93. The molecular formula is C20H22N2O3. The first-order valence-electron chi connectivity index (χ1n) is 7.99. The van der Waals surface area contributed by atoms with Crippen molar-refractivity contribution in [1.29, 1.82) is 0 Å². The number of ketones is 1. The first kappa shape index (κ1) is 18.4. The Labute approximate surface area is 147 Å². The van der Waals surface area contributed by atoms with Gasteiger partial charge >= 0.3 is 0 Å². The molecular weight excluding hydrogens is 316 g/mol. The third kappa shape index (κ3) is 4.55. The summed E-state index contributed by atoms with van der Waals surface area (Å²) in [6.45, 7) is 1.94. The van der Waals surface area contributed by atoms with E-state index in [1.165, 1.54) is 7.05 Å². The SMILES string of the molecule is CNC(=O)C(C(=O)CC(O)c1ccc(C)cc1)=C(N)c1ccccc1. The Hall–Kier alpha value is -2.92. The molecule has 2 aromatic carbocycles. The van der Waals surface area contributed by atoms with Gasteiger partial charge in [-0.25, -0.2) is 0 Å². The van der Waals surface area contributed by atoms with E-state index in [-0.39, 0.29) is 17.7 Å². The molecule has 2 rings (SSSR count). The van der Waals surface area contributed by atoms with Gasteiger partial charge in [-0.05, 0) is 18.1 Å². The fraction of sp³-hybridized carbons (Fsp3) is 0.200. The van der Waals surface area contributed by atoms with Gasteiger partial charge in [-0.1, -0.05) is 60.2 Å². The van der Waals surface area contributed by atoms with Gasteiger partial charge in [0.1, 0.15) is 5.57 Å². The molecule has 0 heterocycles. The van der Waals surface area contributed by atoms with Gasteiger partial charge < -0.3 is 16.2 Å². The molecule has 0 bridgehead atoms. The number of hydrogen-bond donors (Lipinski definition) is 3. The van der Waals surface area contributed by atoms with Crippen LogP contribution in [0.25, 0.3) is 5.70 Å². The molecule has 0 aliphatic rings. The van der Waals surface area contributed by atoms with Crippen LogP contribution in [0.15, 0.2) is 60.2 Å². The lowest BCUT2D eigenvalue weighted by Crippen LogP contribution is -2.28. The third-order valence-electron chi connectivity index (χ3n) is 3.93. The highest BCUT2D eigenvalue weighted by molar-refractivity contribution is 6.24. The molecule has 0 radical (unpaired) electrons. The summed E-state index contributed by atoms with van der Waals surface area (Å²) in [5.74, 6) is -1.07. The van der Waals surface area contributed by atoms with Gasteiger partial charge in [-0.3, -0.25) is 9.59 Å². The van der Waals surface area contributed by atoms with E-state index in [0.29, 0.717) is 11.1 Å². The highest BCUT2D eigenvalue weighted by Crippen LogP contribution is 2.22. The van der Waals surface area contributed by atoms with Gasteiger partial charge in [0.25, 0.3) is 5.91 Å². The van der Waals surface area contributed by atoms with Crippen LogP contribution in [-0.2, 0) is 9.59 Å². The number of Topliss-reactive ketones (excluding diaryl/α,β-unsaturated/α-hetero) is 1. The van der Waals surface area contributed by atoms with E-state index in [0.717, 1.165) is 5.56 Å². The molecule has 5 heteroatoms. The molecule has 5 nitrogen and oxygen atoms in total. The van der Waals surface area contributed by atoms with Crippen molar-refractivity contribution < 1.29 is 14.7 Å². The molecule has 0 saturated carbocycles. The molecule has 4 N–H and O–H groups in total. The van der Waals surface area contributed by atoms with Crippen molar-refractivity contribution in [3.63, 3.8) is 0 Å². The highest BCUT2D eigenvalue weighted by Gasteiger charge is 2.24. The lowest BCUT2D eigenvalue weighted by molar-refractivity contribution is -0.123. The standard InChI is InChI=1S/C20H22N2O3/c1-13-8-10-14(11-9-13)16(23)12-17(24)18(20(25)22-2)19(21)15-6-4-3-5-7-15/h3-11,16,23H,12,21H2,1-2H3,(H,22,25). The number of amides is 1. The Morgan fingerprint density at radius 1 is 1.08 bits per heavy atom. The Morgan fingerprint density at radius 2 is 1.68 bits per heavy atom.